The Morgan fingerprint density at radius 3 is 2.41 bits per heavy atom. The molecule has 1 aliphatic heterocycles. The van der Waals surface area contributed by atoms with Crippen LogP contribution in [0.15, 0.2) is 59.5 Å². The van der Waals surface area contributed by atoms with Crippen molar-refractivity contribution in [2.45, 2.75) is 11.3 Å². The van der Waals surface area contributed by atoms with Gasteiger partial charge in [-0.1, -0.05) is 18.2 Å². The second-order valence-corrected chi connectivity index (χ2v) is 8.85. The van der Waals surface area contributed by atoms with Gasteiger partial charge in [0.1, 0.15) is 0 Å². The zero-order chi connectivity index (χ0) is 19.4. The van der Waals surface area contributed by atoms with Crippen LogP contribution in [-0.2, 0) is 10.0 Å². The molecular formula is C20H25N3O3S. The van der Waals surface area contributed by atoms with E-state index < -0.39 is 10.0 Å². The van der Waals surface area contributed by atoms with E-state index in [2.05, 4.69) is 9.62 Å². The van der Waals surface area contributed by atoms with Gasteiger partial charge in [0, 0.05) is 30.9 Å². The fraction of sp³-hybridized carbons (Fsp3) is 0.350. The van der Waals surface area contributed by atoms with Gasteiger partial charge in [0.25, 0.3) is 15.9 Å². The van der Waals surface area contributed by atoms with Gasteiger partial charge < -0.3 is 9.80 Å². The van der Waals surface area contributed by atoms with Crippen molar-refractivity contribution in [1.29, 1.82) is 0 Å². The SMILES string of the molecule is CN(C)CC1CCN(C(=O)c2ccc(S(=O)(=O)Nc3ccccc3)cc2)C1. The Hall–Kier alpha value is -2.38. The van der Waals surface area contributed by atoms with Crippen LogP contribution in [-0.4, -0.2) is 57.9 Å². The molecule has 1 fully saturated rings. The average Bonchev–Trinajstić information content (AvgIpc) is 3.09. The molecular weight excluding hydrogens is 362 g/mol. The van der Waals surface area contributed by atoms with Crippen LogP contribution in [0.3, 0.4) is 0 Å². The topological polar surface area (TPSA) is 69.7 Å². The Morgan fingerprint density at radius 2 is 1.78 bits per heavy atom. The number of hydrogen-bond donors (Lipinski definition) is 1. The number of hydrogen-bond acceptors (Lipinski definition) is 4. The van der Waals surface area contributed by atoms with E-state index in [1.807, 2.05) is 25.1 Å². The molecule has 0 saturated carbocycles. The predicted octanol–water partition coefficient (Wildman–Crippen LogP) is 2.51. The third kappa shape index (κ3) is 4.87. The van der Waals surface area contributed by atoms with Gasteiger partial charge in [0.15, 0.2) is 0 Å². The van der Waals surface area contributed by atoms with Gasteiger partial charge in [-0.3, -0.25) is 9.52 Å². The van der Waals surface area contributed by atoms with Crippen LogP contribution in [0.1, 0.15) is 16.8 Å². The van der Waals surface area contributed by atoms with Crippen LogP contribution < -0.4 is 4.72 Å². The number of carbonyl (C=O) groups excluding carboxylic acids is 1. The number of nitrogens with one attached hydrogen (secondary N) is 1. The third-order valence-corrected chi connectivity index (χ3v) is 6.03. The number of benzene rings is 2. The molecule has 0 aliphatic carbocycles. The largest absolute Gasteiger partial charge is 0.338 e. The highest BCUT2D eigenvalue weighted by Crippen LogP contribution is 2.21. The molecule has 0 bridgehead atoms. The molecule has 1 N–H and O–H groups in total. The summed E-state index contributed by atoms with van der Waals surface area (Å²) in [6.07, 6.45) is 0.997. The molecule has 1 heterocycles. The van der Waals surface area contributed by atoms with Crippen LogP contribution in [0, 0.1) is 5.92 Å². The number of rotatable bonds is 6. The Labute approximate surface area is 160 Å². The molecule has 1 amide bonds. The number of para-hydroxylation sites is 1. The van der Waals surface area contributed by atoms with Crippen molar-refractivity contribution in [3.8, 4) is 0 Å². The summed E-state index contributed by atoms with van der Waals surface area (Å²) < 4.78 is 27.5. The molecule has 1 aliphatic rings. The van der Waals surface area contributed by atoms with E-state index in [0.717, 1.165) is 26.1 Å². The summed E-state index contributed by atoms with van der Waals surface area (Å²) in [5.41, 5.74) is 1.01. The van der Waals surface area contributed by atoms with E-state index in [0.29, 0.717) is 17.2 Å². The van der Waals surface area contributed by atoms with Crippen molar-refractivity contribution in [2.75, 3.05) is 38.5 Å². The van der Waals surface area contributed by atoms with Crippen molar-refractivity contribution >= 4 is 21.6 Å². The number of nitrogens with zero attached hydrogens (tertiary/aromatic N) is 2. The Balaban J connectivity index is 1.67. The summed E-state index contributed by atoms with van der Waals surface area (Å²) in [7, 11) is 0.392. The second-order valence-electron chi connectivity index (χ2n) is 7.16. The molecule has 1 unspecified atom stereocenters. The molecule has 0 spiro atoms. The molecule has 27 heavy (non-hydrogen) atoms. The first-order valence-electron chi connectivity index (χ1n) is 8.97. The zero-order valence-corrected chi connectivity index (χ0v) is 16.4. The molecule has 1 saturated heterocycles. The smallest absolute Gasteiger partial charge is 0.261 e. The molecule has 0 radical (unpaired) electrons. The predicted molar refractivity (Wildman–Crippen MR) is 106 cm³/mol. The van der Waals surface area contributed by atoms with Crippen molar-refractivity contribution in [2.24, 2.45) is 5.92 Å². The molecule has 2 aromatic carbocycles. The second kappa shape index (κ2) is 8.10. The summed E-state index contributed by atoms with van der Waals surface area (Å²) in [5.74, 6) is 0.440. The maximum Gasteiger partial charge on any atom is 0.261 e. The first-order valence-corrected chi connectivity index (χ1v) is 10.5. The minimum Gasteiger partial charge on any atom is -0.338 e. The zero-order valence-electron chi connectivity index (χ0n) is 15.6. The monoisotopic (exact) mass is 387 g/mol. The lowest BCUT2D eigenvalue weighted by molar-refractivity contribution is 0.0785. The molecule has 1 atom stereocenters. The maximum atomic E-state index is 12.7. The maximum absolute atomic E-state index is 12.7. The standard InChI is InChI=1S/C20H25N3O3S/c1-22(2)14-16-12-13-23(15-16)20(24)17-8-10-19(11-9-17)27(25,26)21-18-6-4-3-5-7-18/h3-11,16,21H,12-15H2,1-2H3. The lowest BCUT2D eigenvalue weighted by Gasteiger charge is -2.18. The summed E-state index contributed by atoms with van der Waals surface area (Å²) in [5, 5.41) is 0. The van der Waals surface area contributed by atoms with Crippen LogP contribution in [0.4, 0.5) is 5.69 Å². The molecule has 144 valence electrons. The summed E-state index contributed by atoms with van der Waals surface area (Å²) in [6, 6.07) is 14.8. The van der Waals surface area contributed by atoms with E-state index in [-0.39, 0.29) is 10.8 Å². The average molecular weight is 388 g/mol. The lowest BCUT2D eigenvalue weighted by Crippen LogP contribution is -2.30. The minimum absolute atomic E-state index is 0.0452. The van der Waals surface area contributed by atoms with Crippen LogP contribution in [0.2, 0.25) is 0 Å². The molecule has 6 nitrogen and oxygen atoms in total. The van der Waals surface area contributed by atoms with E-state index in [9.17, 15) is 13.2 Å². The van der Waals surface area contributed by atoms with Gasteiger partial charge >= 0.3 is 0 Å². The Morgan fingerprint density at radius 1 is 1.11 bits per heavy atom. The number of likely N-dealkylation sites (tertiary alicyclic amines) is 1. The van der Waals surface area contributed by atoms with Crippen LogP contribution in [0.25, 0.3) is 0 Å². The third-order valence-electron chi connectivity index (χ3n) is 4.63. The van der Waals surface area contributed by atoms with E-state index >= 15 is 0 Å². The highest BCUT2D eigenvalue weighted by Gasteiger charge is 2.27. The first kappa shape index (κ1) is 19.4. The quantitative estimate of drug-likeness (QED) is 0.827. The van der Waals surface area contributed by atoms with E-state index in [1.165, 1.54) is 12.1 Å². The molecule has 2 aromatic rings. The summed E-state index contributed by atoms with van der Waals surface area (Å²) in [6.45, 7) is 2.45. The number of anilines is 1. The van der Waals surface area contributed by atoms with Gasteiger partial charge in [-0.05, 0) is 62.8 Å². The van der Waals surface area contributed by atoms with Gasteiger partial charge in [-0.25, -0.2) is 8.42 Å². The first-order chi connectivity index (χ1) is 12.8. The fourth-order valence-corrected chi connectivity index (χ4v) is 4.42. The highest BCUT2D eigenvalue weighted by molar-refractivity contribution is 7.92. The van der Waals surface area contributed by atoms with Gasteiger partial charge in [0.05, 0.1) is 4.90 Å². The summed E-state index contributed by atoms with van der Waals surface area (Å²) >= 11 is 0. The van der Waals surface area contributed by atoms with E-state index in [4.69, 9.17) is 0 Å². The van der Waals surface area contributed by atoms with Crippen LogP contribution >= 0.6 is 0 Å². The Kier molecular flexibility index (Phi) is 5.82. The van der Waals surface area contributed by atoms with Crippen LogP contribution in [0.5, 0.6) is 0 Å². The lowest BCUT2D eigenvalue weighted by atomic mass is 10.1. The highest BCUT2D eigenvalue weighted by atomic mass is 32.2. The normalized spacial score (nSPS) is 17.3. The molecule has 7 heteroatoms. The van der Waals surface area contributed by atoms with Crippen molar-refractivity contribution in [3.05, 3.63) is 60.2 Å². The van der Waals surface area contributed by atoms with Gasteiger partial charge in [0.2, 0.25) is 0 Å². The van der Waals surface area contributed by atoms with Crippen molar-refractivity contribution in [3.63, 3.8) is 0 Å². The fourth-order valence-electron chi connectivity index (χ4n) is 3.36. The Bertz CT molecular complexity index is 880. The molecule has 0 aromatic heterocycles. The van der Waals surface area contributed by atoms with Gasteiger partial charge in [-0.15, -0.1) is 0 Å². The number of carbonyl (C=O) groups is 1. The van der Waals surface area contributed by atoms with E-state index in [1.54, 1.807) is 36.4 Å². The molecule has 3 rings (SSSR count). The summed E-state index contributed by atoms with van der Waals surface area (Å²) in [4.78, 5) is 16.8. The number of sulfonamides is 1. The number of amides is 1. The van der Waals surface area contributed by atoms with Gasteiger partial charge in [-0.2, -0.15) is 0 Å². The van der Waals surface area contributed by atoms with Crippen molar-refractivity contribution < 1.29 is 13.2 Å². The van der Waals surface area contributed by atoms with Crippen molar-refractivity contribution in [1.82, 2.24) is 9.80 Å². The minimum atomic E-state index is -3.68.